The first-order valence-corrected chi connectivity index (χ1v) is 6.89. The summed E-state index contributed by atoms with van der Waals surface area (Å²) in [6.07, 6.45) is 2.14. The van der Waals surface area contributed by atoms with Crippen LogP contribution in [0.5, 0.6) is 5.75 Å². The maximum atomic E-state index is 6.37. The first kappa shape index (κ1) is 12.5. The summed E-state index contributed by atoms with van der Waals surface area (Å²) in [4.78, 5) is 0. The van der Waals surface area contributed by atoms with Gasteiger partial charge in [-0.1, -0.05) is 41.9 Å². The summed E-state index contributed by atoms with van der Waals surface area (Å²) < 4.78 is 5.81. The lowest BCUT2D eigenvalue weighted by molar-refractivity contribution is 0.284. The first-order valence-electron chi connectivity index (χ1n) is 6.51. The molecule has 0 bridgehead atoms. The second kappa shape index (κ2) is 5.24. The van der Waals surface area contributed by atoms with Gasteiger partial charge in [0.25, 0.3) is 0 Å². The van der Waals surface area contributed by atoms with Crippen molar-refractivity contribution in [3.63, 3.8) is 0 Å². The molecule has 1 heterocycles. The van der Waals surface area contributed by atoms with Crippen molar-refractivity contribution in [2.45, 2.75) is 18.9 Å². The molecule has 2 N–H and O–H groups in total. The number of fused-ring (bicyclic) bond motifs is 1. The minimum atomic E-state index is -0.176. The maximum absolute atomic E-state index is 6.37. The van der Waals surface area contributed by atoms with Crippen LogP contribution in [0.4, 0.5) is 0 Å². The number of ether oxygens (including phenoxy) is 1. The van der Waals surface area contributed by atoms with Crippen LogP contribution in [0.25, 0.3) is 0 Å². The van der Waals surface area contributed by atoms with Crippen molar-refractivity contribution in [1.29, 1.82) is 0 Å². The van der Waals surface area contributed by atoms with E-state index in [0.29, 0.717) is 0 Å². The van der Waals surface area contributed by atoms with E-state index in [1.54, 1.807) is 0 Å². The molecular weight excluding hydrogens is 258 g/mol. The molecule has 2 aromatic rings. The molecule has 0 saturated heterocycles. The summed E-state index contributed by atoms with van der Waals surface area (Å²) in [5.74, 6) is 0.969. The van der Waals surface area contributed by atoms with E-state index in [2.05, 4.69) is 12.1 Å². The van der Waals surface area contributed by atoms with Crippen LogP contribution in [-0.2, 0) is 6.42 Å². The lowest BCUT2D eigenvalue weighted by Gasteiger charge is -2.23. The van der Waals surface area contributed by atoms with Crippen molar-refractivity contribution in [3.05, 3.63) is 64.2 Å². The fourth-order valence-corrected chi connectivity index (χ4v) is 2.64. The summed E-state index contributed by atoms with van der Waals surface area (Å²) in [5.41, 5.74) is 9.73. The van der Waals surface area contributed by atoms with Crippen molar-refractivity contribution in [1.82, 2.24) is 0 Å². The van der Waals surface area contributed by atoms with Gasteiger partial charge in [-0.3, -0.25) is 0 Å². The monoisotopic (exact) mass is 273 g/mol. The number of aryl methyl sites for hydroxylation is 1. The van der Waals surface area contributed by atoms with Gasteiger partial charge in [0.1, 0.15) is 5.75 Å². The van der Waals surface area contributed by atoms with E-state index in [-0.39, 0.29) is 6.04 Å². The number of benzene rings is 2. The first-order chi connectivity index (χ1) is 9.25. The summed E-state index contributed by atoms with van der Waals surface area (Å²) in [6, 6.07) is 13.7. The highest BCUT2D eigenvalue weighted by atomic mass is 35.5. The second-order valence-corrected chi connectivity index (χ2v) is 5.25. The number of hydrogen-bond acceptors (Lipinski definition) is 2. The average molecular weight is 274 g/mol. The summed E-state index contributed by atoms with van der Waals surface area (Å²) in [7, 11) is 0. The highest BCUT2D eigenvalue weighted by Crippen LogP contribution is 2.34. The zero-order valence-electron chi connectivity index (χ0n) is 10.6. The number of hydrogen-bond donors (Lipinski definition) is 1. The lowest BCUT2D eigenvalue weighted by atomic mass is 9.94. The molecular formula is C16H16ClNO. The highest BCUT2D eigenvalue weighted by Gasteiger charge is 2.19. The summed E-state index contributed by atoms with van der Waals surface area (Å²) in [5, 5.41) is 0.724. The molecule has 0 radical (unpaired) electrons. The molecule has 2 aromatic carbocycles. The van der Waals surface area contributed by atoms with E-state index in [1.807, 2.05) is 30.3 Å². The lowest BCUT2D eigenvalue weighted by Crippen LogP contribution is -2.17. The molecule has 1 unspecified atom stereocenters. The minimum absolute atomic E-state index is 0.176. The Morgan fingerprint density at radius 3 is 2.68 bits per heavy atom. The van der Waals surface area contributed by atoms with Gasteiger partial charge in [-0.2, -0.15) is 0 Å². The standard InChI is InChI=1S/C16H16ClNO/c17-13-8-6-11(7-9-13)15(18)14-5-1-3-12-4-2-10-19-16(12)14/h1,3,5-9,15H,2,4,10,18H2. The molecule has 0 saturated carbocycles. The van der Waals surface area contributed by atoms with Crippen LogP contribution in [0.1, 0.15) is 29.2 Å². The van der Waals surface area contributed by atoms with E-state index in [9.17, 15) is 0 Å². The molecule has 98 valence electrons. The van der Waals surface area contributed by atoms with Gasteiger partial charge in [-0.05, 0) is 36.1 Å². The molecule has 2 nitrogen and oxygen atoms in total. The van der Waals surface area contributed by atoms with Gasteiger partial charge in [0, 0.05) is 10.6 Å². The van der Waals surface area contributed by atoms with E-state index in [0.717, 1.165) is 41.3 Å². The Morgan fingerprint density at radius 2 is 1.89 bits per heavy atom. The fourth-order valence-electron chi connectivity index (χ4n) is 2.51. The maximum Gasteiger partial charge on any atom is 0.127 e. The number of rotatable bonds is 2. The Labute approximate surface area is 118 Å². The van der Waals surface area contributed by atoms with Gasteiger partial charge in [0.15, 0.2) is 0 Å². The minimum Gasteiger partial charge on any atom is -0.493 e. The average Bonchev–Trinajstić information content (AvgIpc) is 2.47. The van der Waals surface area contributed by atoms with Crippen LogP contribution in [0, 0.1) is 0 Å². The predicted molar refractivity (Wildman–Crippen MR) is 77.7 cm³/mol. The number of para-hydroxylation sites is 1. The van der Waals surface area contributed by atoms with Crippen LogP contribution >= 0.6 is 11.6 Å². The molecule has 1 aliphatic rings. The quantitative estimate of drug-likeness (QED) is 0.905. The van der Waals surface area contributed by atoms with Gasteiger partial charge in [-0.15, -0.1) is 0 Å². The largest absolute Gasteiger partial charge is 0.493 e. The molecule has 1 aliphatic heterocycles. The van der Waals surface area contributed by atoms with Gasteiger partial charge in [0.05, 0.1) is 12.6 Å². The van der Waals surface area contributed by atoms with Crippen LogP contribution in [-0.4, -0.2) is 6.61 Å². The van der Waals surface area contributed by atoms with E-state index < -0.39 is 0 Å². The van der Waals surface area contributed by atoms with Gasteiger partial charge >= 0.3 is 0 Å². The van der Waals surface area contributed by atoms with Crippen molar-refractivity contribution in [3.8, 4) is 5.75 Å². The van der Waals surface area contributed by atoms with Gasteiger partial charge in [-0.25, -0.2) is 0 Å². The van der Waals surface area contributed by atoms with Crippen molar-refractivity contribution in [2.75, 3.05) is 6.61 Å². The van der Waals surface area contributed by atoms with Crippen LogP contribution in [0.3, 0.4) is 0 Å². The van der Waals surface area contributed by atoms with Crippen molar-refractivity contribution < 1.29 is 4.74 Å². The van der Waals surface area contributed by atoms with E-state index in [1.165, 1.54) is 5.56 Å². The molecule has 19 heavy (non-hydrogen) atoms. The van der Waals surface area contributed by atoms with Gasteiger partial charge < -0.3 is 10.5 Å². The van der Waals surface area contributed by atoms with Gasteiger partial charge in [0.2, 0.25) is 0 Å². The Kier molecular flexibility index (Phi) is 3.45. The zero-order chi connectivity index (χ0) is 13.2. The Bertz CT molecular complexity index is 580. The second-order valence-electron chi connectivity index (χ2n) is 4.82. The molecule has 0 amide bonds. The Hall–Kier alpha value is -1.51. The summed E-state index contributed by atoms with van der Waals surface area (Å²) in [6.45, 7) is 0.775. The third-order valence-electron chi connectivity index (χ3n) is 3.53. The highest BCUT2D eigenvalue weighted by molar-refractivity contribution is 6.30. The van der Waals surface area contributed by atoms with E-state index in [4.69, 9.17) is 22.1 Å². The van der Waals surface area contributed by atoms with E-state index >= 15 is 0 Å². The van der Waals surface area contributed by atoms with Crippen LogP contribution in [0.2, 0.25) is 5.02 Å². The normalized spacial score (nSPS) is 15.5. The van der Waals surface area contributed by atoms with Crippen molar-refractivity contribution in [2.24, 2.45) is 5.73 Å². The third kappa shape index (κ3) is 2.46. The topological polar surface area (TPSA) is 35.2 Å². The number of nitrogens with two attached hydrogens (primary N) is 1. The fraction of sp³-hybridized carbons (Fsp3) is 0.250. The zero-order valence-corrected chi connectivity index (χ0v) is 11.4. The molecule has 0 spiro atoms. The Balaban J connectivity index is 1.99. The molecule has 0 aromatic heterocycles. The molecule has 0 fully saturated rings. The predicted octanol–water partition coefficient (Wildman–Crippen LogP) is 3.71. The third-order valence-corrected chi connectivity index (χ3v) is 3.78. The SMILES string of the molecule is NC(c1ccc(Cl)cc1)c1cccc2c1OCCC2. The Morgan fingerprint density at radius 1 is 1.11 bits per heavy atom. The van der Waals surface area contributed by atoms with Crippen LogP contribution in [0.15, 0.2) is 42.5 Å². The van der Waals surface area contributed by atoms with Crippen LogP contribution < -0.4 is 10.5 Å². The summed E-state index contributed by atoms with van der Waals surface area (Å²) >= 11 is 5.91. The molecule has 3 rings (SSSR count). The van der Waals surface area contributed by atoms with Crippen molar-refractivity contribution >= 4 is 11.6 Å². The number of halogens is 1. The molecule has 0 aliphatic carbocycles. The molecule has 3 heteroatoms. The smallest absolute Gasteiger partial charge is 0.127 e. The molecule has 1 atom stereocenters.